The molecule has 0 saturated carbocycles. The van der Waals surface area contributed by atoms with Gasteiger partial charge in [-0.2, -0.15) is 0 Å². The summed E-state index contributed by atoms with van der Waals surface area (Å²) in [6.45, 7) is 1.34. The number of halogens is 2. The number of hydrogen-bond acceptors (Lipinski definition) is 1. The van der Waals surface area contributed by atoms with E-state index in [-0.39, 0.29) is 10.8 Å². The first-order chi connectivity index (χ1) is 7.75. The second-order valence-corrected chi connectivity index (χ2v) is 3.96. The Balaban J connectivity index is 2.27. The monoisotopic (exact) mass is 239 g/mol. The van der Waals surface area contributed by atoms with Gasteiger partial charge in [-0.05, 0) is 25.5 Å². The molecule has 0 spiro atoms. The third-order valence-electron chi connectivity index (χ3n) is 2.27. The molecule has 0 atom stereocenters. The molecule has 1 nitrogen and oxygen atoms in total. The first kappa shape index (κ1) is 13.0. The minimum atomic E-state index is -0.333. The minimum absolute atomic E-state index is 0.173. The van der Waals surface area contributed by atoms with Gasteiger partial charge in [0.05, 0.1) is 5.02 Å². The van der Waals surface area contributed by atoms with Gasteiger partial charge < -0.3 is 5.32 Å². The molecule has 0 radical (unpaired) electrons. The van der Waals surface area contributed by atoms with Crippen molar-refractivity contribution in [1.29, 1.82) is 0 Å². The topological polar surface area (TPSA) is 12.0 Å². The molecular formula is C13H15ClFN. The van der Waals surface area contributed by atoms with Crippen LogP contribution in [0.3, 0.4) is 0 Å². The molecule has 1 rings (SSSR count). The molecule has 0 heterocycles. The van der Waals surface area contributed by atoms with Gasteiger partial charge in [-0.15, -0.1) is 12.3 Å². The number of unbranched alkanes of at least 4 members (excludes halogenated alkanes) is 2. The van der Waals surface area contributed by atoms with Crippen molar-refractivity contribution in [2.24, 2.45) is 0 Å². The summed E-state index contributed by atoms with van der Waals surface area (Å²) in [7, 11) is 0. The van der Waals surface area contributed by atoms with Gasteiger partial charge in [0.25, 0.3) is 0 Å². The van der Waals surface area contributed by atoms with Gasteiger partial charge >= 0.3 is 0 Å². The Labute approximate surface area is 101 Å². The van der Waals surface area contributed by atoms with Crippen molar-refractivity contribution in [2.75, 3.05) is 6.54 Å². The molecule has 0 aliphatic rings. The van der Waals surface area contributed by atoms with Crippen LogP contribution in [0, 0.1) is 18.2 Å². The van der Waals surface area contributed by atoms with Gasteiger partial charge in [0, 0.05) is 18.5 Å². The Morgan fingerprint density at radius 3 is 2.94 bits per heavy atom. The van der Waals surface area contributed by atoms with Crippen molar-refractivity contribution in [2.45, 2.75) is 25.8 Å². The predicted octanol–water partition coefficient (Wildman–Crippen LogP) is 3.37. The zero-order chi connectivity index (χ0) is 11.8. The van der Waals surface area contributed by atoms with Gasteiger partial charge in [0.2, 0.25) is 0 Å². The summed E-state index contributed by atoms with van der Waals surface area (Å²) in [5, 5.41) is 3.33. The Morgan fingerprint density at radius 2 is 2.19 bits per heavy atom. The third kappa shape index (κ3) is 4.22. The zero-order valence-electron chi connectivity index (χ0n) is 9.10. The fourth-order valence-corrected chi connectivity index (χ4v) is 1.58. The summed E-state index contributed by atoms with van der Waals surface area (Å²) < 4.78 is 13.4. The second kappa shape index (κ2) is 7.27. The van der Waals surface area contributed by atoms with Crippen LogP contribution in [0.1, 0.15) is 24.8 Å². The molecular weight excluding hydrogens is 225 g/mol. The molecule has 0 aliphatic carbocycles. The standard InChI is InChI=1S/C13H15ClFN/c1-2-3-4-5-9-16-10-11-7-6-8-12(14)13(11)15/h1,6-8,16H,3-5,9-10H2. The molecule has 0 unspecified atom stereocenters. The van der Waals surface area contributed by atoms with E-state index in [4.69, 9.17) is 18.0 Å². The maximum absolute atomic E-state index is 13.4. The van der Waals surface area contributed by atoms with Crippen LogP contribution in [-0.4, -0.2) is 6.54 Å². The third-order valence-corrected chi connectivity index (χ3v) is 2.56. The molecule has 1 N–H and O–H groups in total. The summed E-state index contributed by atoms with van der Waals surface area (Å²) in [5.41, 5.74) is 0.601. The summed E-state index contributed by atoms with van der Waals surface area (Å²) in [6, 6.07) is 5.03. The number of hydrogen-bond donors (Lipinski definition) is 1. The van der Waals surface area contributed by atoms with Crippen LogP contribution in [0.2, 0.25) is 5.02 Å². The summed E-state index contributed by atoms with van der Waals surface area (Å²) in [4.78, 5) is 0. The molecule has 0 aliphatic heterocycles. The maximum atomic E-state index is 13.4. The number of terminal acetylenes is 1. The lowest BCUT2D eigenvalue weighted by molar-refractivity contribution is 0.577. The van der Waals surface area contributed by atoms with Gasteiger partial charge in [-0.1, -0.05) is 23.7 Å². The van der Waals surface area contributed by atoms with E-state index in [0.717, 1.165) is 25.8 Å². The van der Waals surface area contributed by atoms with Crippen LogP contribution < -0.4 is 5.32 Å². The van der Waals surface area contributed by atoms with E-state index in [1.54, 1.807) is 18.2 Å². The van der Waals surface area contributed by atoms with E-state index < -0.39 is 0 Å². The minimum Gasteiger partial charge on any atom is -0.313 e. The second-order valence-electron chi connectivity index (χ2n) is 3.55. The van der Waals surface area contributed by atoms with E-state index in [0.29, 0.717) is 12.1 Å². The van der Waals surface area contributed by atoms with Crippen LogP contribution in [-0.2, 0) is 6.54 Å². The Kier molecular flexibility index (Phi) is 5.92. The number of nitrogens with one attached hydrogen (secondary N) is 1. The fourth-order valence-electron chi connectivity index (χ4n) is 1.39. The Morgan fingerprint density at radius 1 is 1.38 bits per heavy atom. The lowest BCUT2D eigenvalue weighted by atomic mass is 10.2. The molecule has 1 aromatic carbocycles. The predicted molar refractivity (Wildman–Crippen MR) is 65.8 cm³/mol. The highest BCUT2D eigenvalue weighted by molar-refractivity contribution is 6.30. The quantitative estimate of drug-likeness (QED) is 0.593. The van der Waals surface area contributed by atoms with Crippen molar-refractivity contribution < 1.29 is 4.39 Å². The molecule has 3 heteroatoms. The first-order valence-corrected chi connectivity index (χ1v) is 5.70. The maximum Gasteiger partial charge on any atom is 0.146 e. The van der Waals surface area contributed by atoms with Crippen LogP contribution >= 0.6 is 11.6 Å². The van der Waals surface area contributed by atoms with E-state index in [1.165, 1.54) is 0 Å². The highest BCUT2D eigenvalue weighted by Crippen LogP contribution is 2.17. The van der Waals surface area contributed by atoms with Crippen LogP contribution in [0.5, 0.6) is 0 Å². The lowest BCUT2D eigenvalue weighted by Crippen LogP contribution is -2.15. The summed E-state index contributed by atoms with van der Waals surface area (Å²) in [6.07, 6.45) is 7.94. The lowest BCUT2D eigenvalue weighted by Gasteiger charge is -2.06. The van der Waals surface area contributed by atoms with Crippen molar-refractivity contribution in [1.82, 2.24) is 5.32 Å². The Hall–Kier alpha value is -1.04. The molecule has 0 aromatic heterocycles. The van der Waals surface area contributed by atoms with Crippen molar-refractivity contribution >= 4 is 11.6 Å². The largest absolute Gasteiger partial charge is 0.313 e. The normalized spacial score (nSPS) is 10.1. The van der Waals surface area contributed by atoms with E-state index in [1.807, 2.05) is 0 Å². The van der Waals surface area contributed by atoms with Gasteiger partial charge in [0.15, 0.2) is 0 Å². The molecule has 0 bridgehead atoms. The van der Waals surface area contributed by atoms with Crippen LogP contribution in [0.25, 0.3) is 0 Å². The average molecular weight is 240 g/mol. The highest BCUT2D eigenvalue weighted by atomic mass is 35.5. The highest BCUT2D eigenvalue weighted by Gasteiger charge is 2.04. The smallest absolute Gasteiger partial charge is 0.146 e. The Bertz CT molecular complexity index is 371. The number of rotatable bonds is 6. The molecule has 86 valence electrons. The van der Waals surface area contributed by atoms with Crippen molar-refractivity contribution in [3.63, 3.8) is 0 Å². The number of benzene rings is 1. The van der Waals surface area contributed by atoms with Crippen molar-refractivity contribution in [3.8, 4) is 12.3 Å². The van der Waals surface area contributed by atoms with Crippen LogP contribution in [0.4, 0.5) is 4.39 Å². The fraction of sp³-hybridized carbons (Fsp3) is 0.385. The molecule has 0 fully saturated rings. The summed E-state index contributed by atoms with van der Waals surface area (Å²) in [5.74, 6) is 2.25. The van der Waals surface area contributed by atoms with Gasteiger partial charge in [-0.25, -0.2) is 4.39 Å². The molecule has 1 aromatic rings. The SMILES string of the molecule is C#CCCCCNCc1cccc(Cl)c1F. The van der Waals surface area contributed by atoms with E-state index >= 15 is 0 Å². The molecule has 0 amide bonds. The van der Waals surface area contributed by atoms with E-state index in [2.05, 4.69) is 11.2 Å². The van der Waals surface area contributed by atoms with Gasteiger partial charge in [-0.3, -0.25) is 0 Å². The average Bonchev–Trinajstić information content (AvgIpc) is 2.29. The molecule has 16 heavy (non-hydrogen) atoms. The van der Waals surface area contributed by atoms with Crippen LogP contribution in [0.15, 0.2) is 18.2 Å². The van der Waals surface area contributed by atoms with Gasteiger partial charge in [0.1, 0.15) is 5.82 Å². The summed E-state index contributed by atoms with van der Waals surface area (Å²) >= 11 is 5.67. The van der Waals surface area contributed by atoms with Crippen molar-refractivity contribution in [3.05, 3.63) is 34.6 Å². The van der Waals surface area contributed by atoms with E-state index in [9.17, 15) is 4.39 Å². The zero-order valence-corrected chi connectivity index (χ0v) is 9.86. The first-order valence-electron chi connectivity index (χ1n) is 5.32. The molecule has 0 saturated heterocycles.